The number of nitrogens with two attached hydrogens (primary N) is 3. The summed E-state index contributed by atoms with van der Waals surface area (Å²) in [6, 6.07) is -10.3. The molecule has 36 nitrogen and oxygen atoms in total. The van der Waals surface area contributed by atoms with E-state index in [1.165, 1.54) is 44.2 Å². The molecule has 0 radical (unpaired) electrons. The predicted octanol–water partition coefficient (Wildman–Crippen LogP) is -3.91. The van der Waals surface area contributed by atoms with Gasteiger partial charge in [-0.25, -0.2) is 14.4 Å². The van der Waals surface area contributed by atoms with Gasteiger partial charge in [0, 0.05) is 6.54 Å². The van der Waals surface area contributed by atoms with Gasteiger partial charge >= 0.3 is 30.3 Å². The van der Waals surface area contributed by atoms with Crippen LogP contribution in [0.2, 0.25) is 0 Å². The zero-order valence-electron chi connectivity index (χ0n) is 60.0. The summed E-state index contributed by atoms with van der Waals surface area (Å²) in [6.45, 7) is 15.6. The fourth-order valence-corrected chi connectivity index (χ4v) is 9.46. The molecule has 1 saturated heterocycles. The third-order valence-corrected chi connectivity index (χ3v) is 15.2. The molecule has 0 aliphatic carbocycles. The molecule has 15 atom stereocenters. The lowest BCUT2D eigenvalue weighted by molar-refractivity contribution is -0.193. The SMILES string of the molecule is CC[C@H](C)[C@@H]1NC(=O)[C@@H](CCCN=C(N)N)NC(=O)[C@H](CC(C)C)NC(=O)[C@H]([C@H](O)C(C)C)NC(=O)[C@@H](NC(=O)[C@H](CC(C)C)NC(=O)[C@@H](CC(C)C)NC)[C@@H](c2ccccc2)OC(=O)[C@H](CO)NC(=O)[C@H]([C@H](O)C(N)=O)NC(=O)CNC(=O)[C@H]([C@H](C)O)NC1=O.O=C(O)C(F)(F)F.O=C(O)C(F)(F)F. The number of hydrogen-bond acceptors (Lipinski definition) is 21. The van der Waals surface area contributed by atoms with Crippen molar-refractivity contribution in [3.05, 3.63) is 35.9 Å². The molecule has 1 fully saturated rings. The third kappa shape index (κ3) is 34.7. The molecule has 23 N–H and O–H groups in total. The van der Waals surface area contributed by atoms with Crippen LogP contribution in [0.15, 0.2) is 35.3 Å². The molecule has 596 valence electrons. The van der Waals surface area contributed by atoms with Crippen molar-refractivity contribution < 1.29 is 129 Å². The highest BCUT2D eigenvalue weighted by Gasteiger charge is 2.45. The van der Waals surface area contributed by atoms with Crippen molar-refractivity contribution >= 4 is 88.8 Å². The Kier molecular flexibility index (Phi) is 41.5. The number of nitrogens with zero attached hydrogens (tertiary/aromatic N) is 1. The first-order valence-corrected chi connectivity index (χ1v) is 33.0. The molecular formula is C63H101F6N15O21. The number of guanidine groups is 1. The second kappa shape index (κ2) is 45.6. The van der Waals surface area contributed by atoms with E-state index < -0.39 is 205 Å². The molecule has 11 amide bonds. The summed E-state index contributed by atoms with van der Waals surface area (Å²) in [5, 5.41) is 85.5. The number of carboxylic acids is 2. The van der Waals surface area contributed by atoms with Gasteiger partial charge in [-0.05, 0) is 81.2 Å². The Bertz CT molecular complexity index is 3090. The van der Waals surface area contributed by atoms with Gasteiger partial charge in [-0.15, -0.1) is 0 Å². The van der Waals surface area contributed by atoms with Gasteiger partial charge in [0.05, 0.1) is 31.4 Å². The van der Waals surface area contributed by atoms with Gasteiger partial charge in [0.25, 0.3) is 0 Å². The molecule has 0 saturated carbocycles. The molecule has 2 rings (SSSR count). The fraction of sp³-hybridized carbons (Fsp3) is 0.667. The summed E-state index contributed by atoms with van der Waals surface area (Å²) in [6.07, 6.45) is -18.0. The zero-order chi connectivity index (χ0) is 81.3. The highest BCUT2D eigenvalue weighted by Crippen LogP contribution is 2.25. The number of alkyl halides is 6. The molecule has 1 aromatic carbocycles. The van der Waals surface area contributed by atoms with Gasteiger partial charge in [-0.2, -0.15) is 26.3 Å². The van der Waals surface area contributed by atoms with Crippen molar-refractivity contribution in [1.82, 2.24) is 58.5 Å². The number of likely N-dealkylation sites (N-methyl/N-ethyl adjacent to an activating group) is 1. The Hall–Kier alpha value is -9.55. The number of carbonyl (C=O) groups excluding carboxylic acids is 12. The molecule has 0 spiro atoms. The molecule has 105 heavy (non-hydrogen) atoms. The van der Waals surface area contributed by atoms with Crippen LogP contribution in [0.25, 0.3) is 0 Å². The molecule has 0 aromatic heterocycles. The maximum absolute atomic E-state index is 15.4. The number of benzene rings is 1. The zero-order valence-corrected chi connectivity index (χ0v) is 60.0. The molecule has 1 aliphatic heterocycles. The number of amides is 11. The number of aliphatic imine (C=N–C) groups is 1. The van der Waals surface area contributed by atoms with E-state index in [1.54, 1.807) is 48.6 Å². The van der Waals surface area contributed by atoms with Crippen molar-refractivity contribution in [2.45, 2.75) is 212 Å². The number of aliphatic carboxylic acids is 2. The lowest BCUT2D eigenvalue weighted by Crippen LogP contribution is -2.64. The van der Waals surface area contributed by atoms with E-state index in [2.05, 4.69) is 52.8 Å². The van der Waals surface area contributed by atoms with Crippen molar-refractivity contribution in [3.63, 3.8) is 0 Å². The number of nitrogens with one attached hydrogen (secondary N) is 11. The van der Waals surface area contributed by atoms with E-state index in [1.807, 2.05) is 24.5 Å². The third-order valence-electron chi connectivity index (χ3n) is 15.2. The number of esters is 1. The molecule has 1 aromatic rings. The number of rotatable bonds is 24. The summed E-state index contributed by atoms with van der Waals surface area (Å²) in [5.74, 6) is -22.4. The molecule has 0 unspecified atom stereocenters. The summed E-state index contributed by atoms with van der Waals surface area (Å²) in [7, 11) is 1.55. The maximum Gasteiger partial charge on any atom is 0.490 e. The number of cyclic esters (lactones) is 1. The normalized spacial score (nSPS) is 22.8. The number of carboxylic acid groups (broad SMARTS) is 2. The number of hydrogen-bond donors (Lipinski definition) is 20. The van der Waals surface area contributed by atoms with Crippen LogP contribution in [-0.2, 0) is 71.9 Å². The largest absolute Gasteiger partial charge is 0.490 e. The van der Waals surface area contributed by atoms with E-state index in [-0.39, 0.29) is 67.9 Å². The predicted molar refractivity (Wildman–Crippen MR) is 358 cm³/mol. The number of ether oxygens (including phenoxy) is 1. The lowest BCUT2D eigenvalue weighted by Gasteiger charge is -2.34. The van der Waals surface area contributed by atoms with Crippen LogP contribution >= 0.6 is 0 Å². The van der Waals surface area contributed by atoms with Gasteiger partial charge in [-0.3, -0.25) is 57.7 Å². The molecule has 1 heterocycles. The van der Waals surface area contributed by atoms with E-state index in [0.717, 1.165) is 6.92 Å². The number of aliphatic hydroxyl groups excluding tert-OH is 4. The van der Waals surface area contributed by atoms with Crippen LogP contribution in [0.3, 0.4) is 0 Å². The smallest absolute Gasteiger partial charge is 0.475 e. The molecular weight excluding hydrogens is 1420 g/mol. The van der Waals surface area contributed by atoms with Gasteiger partial charge in [0.15, 0.2) is 24.2 Å². The minimum Gasteiger partial charge on any atom is -0.475 e. The maximum atomic E-state index is 15.4. The standard InChI is InChI=1S/C59H99N15O17.2C2HF3O2/c1-13-31(10)40-54(86)72-41(32(11)76)53(85)65-25-39(77)70-43(46(79)48(60)80)56(88)69-38(26-75)58(90)91-47(33-18-15-14-16-19-33)44(74-52(84)37(24-29(6)7)67-50(82)35(63-12)22-27(2)3)57(89)73-42(45(78)30(8)9)55(87)68-36(23-28(4)5)51(83)66-34(49(81)71-40)20-17-21-64-59(61)62;2*3-2(4,5)1(6)7/h14-16,18-19,27-32,34-38,40-47,63,75-76,78-79H,13,17,20-26H2,1-12H3,(H2,60,80)(H,65,85)(H,66,83)(H,67,82)(H,68,87)(H,69,88)(H,70,77)(H,71,81)(H,72,86)(H,73,89)(H,74,84)(H4,61,62,64);2*(H,6,7)/t31-,32-,34+,35+,36-,37-,38-,40-,41-,42-,43-,44-,45+,46-,47+;;/m0../s1. The number of carbonyl (C=O) groups is 14. The Balaban J connectivity index is 0.00000696. The average Bonchev–Trinajstić information content (AvgIpc) is 0.804. The van der Waals surface area contributed by atoms with Crippen molar-refractivity contribution in [2.75, 3.05) is 26.7 Å². The highest BCUT2D eigenvalue weighted by molar-refractivity contribution is 6.00. The summed E-state index contributed by atoms with van der Waals surface area (Å²) >= 11 is 0. The number of primary amides is 1. The van der Waals surface area contributed by atoms with Gasteiger partial charge in [-0.1, -0.05) is 106 Å². The summed E-state index contributed by atoms with van der Waals surface area (Å²) in [4.78, 5) is 192. The minimum absolute atomic E-state index is 0.0135. The Labute approximate surface area is 600 Å². The van der Waals surface area contributed by atoms with Crippen molar-refractivity contribution in [3.8, 4) is 0 Å². The number of aliphatic hydroxyl groups is 4. The van der Waals surface area contributed by atoms with E-state index in [4.69, 9.17) is 41.7 Å². The Morgan fingerprint density at radius 1 is 0.610 bits per heavy atom. The Morgan fingerprint density at radius 3 is 1.54 bits per heavy atom. The van der Waals surface area contributed by atoms with Crippen LogP contribution in [0.4, 0.5) is 26.3 Å². The van der Waals surface area contributed by atoms with Crippen LogP contribution in [0, 0.1) is 29.6 Å². The first-order valence-electron chi connectivity index (χ1n) is 33.0. The van der Waals surface area contributed by atoms with Crippen LogP contribution in [-0.4, -0.2) is 237 Å². The van der Waals surface area contributed by atoms with Gasteiger partial charge < -0.3 is 111 Å². The van der Waals surface area contributed by atoms with Gasteiger partial charge in [0.1, 0.15) is 48.3 Å². The van der Waals surface area contributed by atoms with Crippen molar-refractivity contribution in [1.29, 1.82) is 0 Å². The molecule has 0 bridgehead atoms. The van der Waals surface area contributed by atoms with Crippen LogP contribution in [0.1, 0.15) is 126 Å². The van der Waals surface area contributed by atoms with Crippen LogP contribution < -0.4 is 75.7 Å². The monoisotopic (exact) mass is 1520 g/mol. The Morgan fingerprint density at radius 2 is 1.09 bits per heavy atom. The van der Waals surface area contributed by atoms with Crippen molar-refractivity contribution in [2.24, 2.45) is 51.8 Å². The number of halogens is 6. The first-order chi connectivity index (χ1) is 48.5. The van der Waals surface area contributed by atoms with E-state index >= 15 is 4.79 Å². The summed E-state index contributed by atoms with van der Waals surface area (Å²) in [5.41, 5.74) is 16.4. The van der Waals surface area contributed by atoms with E-state index in [9.17, 15) is 99.5 Å². The van der Waals surface area contributed by atoms with Crippen LogP contribution in [0.5, 0.6) is 0 Å². The topological polar surface area (TPSA) is 592 Å². The van der Waals surface area contributed by atoms with Gasteiger partial charge in [0.2, 0.25) is 65.0 Å². The molecule has 42 heteroatoms. The highest BCUT2D eigenvalue weighted by atomic mass is 19.4. The summed E-state index contributed by atoms with van der Waals surface area (Å²) < 4.78 is 69.4. The first kappa shape index (κ1) is 95.5. The second-order valence-corrected chi connectivity index (χ2v) is 25.9. The second-order valence-electron chi connectivity index (χ2n) is 25.9. The molecule has 1 aliphatic rings. The fourth-order valence-electron chi connectivity index (χ4n) is 9.46. The quantitative estimate of drug-likeness (QED) is 0.0155. The minimum atomic E-state index is -5.08. The van der Waals surface area contributed by atoms with E-state index in [0.29, 0.717) is 6.42 Å². The lowest BCUT2D eigenvalue weighted by atomic mass is 9.95. The average molecular weight is 1520 g/mol.